The lowest BCUT2D eigenvalue weighted by atomic mass is 10.2. The summed E-state index contributed by atoms with van der Waals surface area (Å²) < 4.78 is 13.0. The van der Waals surface area contributed by atoms with E-state index in [0.717, 1.165) is 6.07 Å². The van der Waals surface area contributed by atoms with E-state index in [-0.39, 0.29) is 17.0 Å². The summed E-state index contributed by atoms with van der Waals surface area (Å²) in [5, 5.41) is 8.57. The number of rotatable bonds is 1. The summed E-state index contributed by atoms with van der Waals surface area (Å²) in [5.74, 6) is 3.15. The van der Waals surface area contributed by atoms with Crippen molar-refractivity contribution in [3.63, 3.8) is 0 Å². The van der Waals surface area contributed by atoms with Crippen LogP contribution >= 0.6 is 11.6 Å². The summed E-state index contributed by atoms with van der Waals surface area (Å²) in [6.45, 7) is 0. The van der Waals surface area contributed by atoms with Gasteiger partial charge in [0.25, 0.3) is 0 Å². The van der Waals surface area contributed by atoms with Crippen molar-refractivity contribution in [3.8, 4) is 11.8 Å². The normalized spacial score (nSPS) is 9.00. The molecule has 14 heavy (non-hydrogen) atoms. The molecular formula is C10H6ClFO2. The van der Waals surface area contributed by atoms with Crippen molar-refractivity contribution in [1.29, 1.82) is 0 Å². The molecule has 0 aliphatic carbocycles. The van der Waals surface area contributed by atoms with Gasteiger partial charge in [-0.05, 0) is 18.2 Å². The van der Waals surface area contributed by atoms with Crippen LogP contribution in [-0.4, -0.2) is 11.1 Å². The van der Waals surface area contributed by atoms with Gasteiger partial charge in [-0.2, -0.15) is 0 Å². The number of aliphatic carboxylic acids is 1. The first kappa shape index (κ1) is 10.6. The fourth-order valence-corrected chi connectivity index (χ4v) is 0.965. The van der Waals surface area contributed by atoms with Crippen LogP contribution < -0.4 is 0 Å². The molecule has 4 heteroatoms. The average Bonchev–Trinajstić information content (AvgIpc) is 2.08. The summed E-state index contributed by atoms with van der Waals surface area (Å²) in [6.07, 6.45) is -0.304. The topological polar surface area (TPSA) is 37.3 Å². The molecule has 0 bridgehead atoms. The predicted octanol–water partition coefficient (Wildman–Crippen LogP) is 2.31. The SMILES string of the molecule is O=C(O)CC#Cc1ccc(Cl)cc1F. The second-order valence-corrected chi connectivity index (χ2v) is 2.93. The van der Waals surface area contributed by atoms with Crippen LogP contribution in [0.15, 0.2) is 18.2 Å². The molecule has 0 atom stereocenters. The number of hydrogen-bond donors (Lipinski definition) is 1. The largest absolute Gasteiger partial charge is 0.481 e. The Morgan fingerprint density at radius 1 is 1.57 bits per heavy atom. The van der Waals surface area contributed by atoms with Gasteiger partial charge in [0.15, 0.2) is 0 Å². The summed E-state index contributed by atoms with van der Waals surface area (Å²) >= 11 is 5.52. The Morgan fingerprint density at radius 3 is 2.86 bits per heavy atom. The molecule has 1 aromatic rings. The van der Waals surface area contributed by atoms with Crippen molar-refractivity contribution in [3.05, 3.63) is 34.6 Å². The first-order valence-corrected chi connectivity index (χ1v) is 4.13. The highest BCUT2D eigenvalue weighted by atomic mass is 35.5. The standard InChI is InChI=1S/C10H6ClFO2/c11-8-5-4-7(9(12)6-8)2-1-3-10(13)14/h4-6H,3H2,(H,13,14). The fourth-order valence-electron chi connectivity index (χ4n) is 0.806. The monoisotopic (exact) mass is 212 g/mol. The van der Waals surface area contributed by atoms with E-state index in [1.54, 1.807) is 0 Å². The minimum Gasteiger partial charge on any atom is -0.481 e. The molecule has 0 saturated carbocycles. The maximum Gasteiger partial charge on any atom is 0.315 e. The minimum atomic E-state index is -1.04. The summed E-state index contributed by atoms with van der Waals surface area (Å²) in [7, 11) is 0. The van der Waals surface area contributed by atoms with Gasteiger partial charge in [-0.1, -0.05) is 23.4 Å². The maximum absolute atomic E-state index is 13.0. The molecule has 0 heterocycles. The van der Waals surface area contributed by atoms with Crippen LogP contribution in [0.4, 0.5) is 4.39 Å². The second kappa shape index (κ2) is 4.64. The molecule has 0 aliphatic heterocycles. The van der Waals surface area contributed by atoms with Gasteiger partial charge in [-0.3, -0.25) is 4.79 Å². The summed E-state index contributed by atoms with van der Waals surface area (Å²) in [5.41, 5.74) is 0.149. The Labute approximate surface area is 85.3 Å². The average molecular weight is 213 g/mol. The lowest BCUT2D eigenvalue weighted by Gasteiger charge is -1.93. The van der Waals surface area contributed by atoms with Crippen LogP contribution in [0.25, 0.3) is 0 Å². The molecule has 0 unspecified atom stereocenters. The minimum absolute atomic E-state index is 0.149. The van der Waals surface area contributed by atoms with Gasteiger partial charge in [-0.15, -0.1) is 0 Å². The highest BCUT2D eigenvalue weighted by molar-refractivity contribution is 6.30. The molecule has 72 valence electrons. The van der Waals surface area contributed by atoms with Crippen LogP contribution in [-0.2, 0) is 4.79 Å². The molecule has 0 aromatic heterocycles. The van der Waals surface area contributed by atoms with Crippen molar-refractivity contribution >= 4 is 17.6 Å². The van der Waals surface area contributed by atoms with Crippen LogP contribution in [0.5, 0.6) is 0 Å². The predicted molar refractivity (Wildman–Crippen MR) is 50.5 cm³/mol. The number of benzene rings is 1. The van der Waals surface area contributed by atoms with Gasteiger partial charge < -0.3 is 5.11 Å². The fraction of sp³-hybridized carbons (Fsp3) is 0.100. The van der Waals surface area contributed by atoms with E-state index < -0.39 is 11.8 Å². The Bertz CT molecular complexity index is 418. The first-order valence-electron chi connectivity index (χ1n) is 3.75. The number of hydrogen-bond acceptors (Lipinski definition) is 1. The van der Waals surface area contributed by atoms with Crippen molar-refractivity contribution in [2.24, 2.45) is 0 Å². The Hall–Kier alpha value is -1.53. The van der Waals surface area contributed by atoms with Gasteiger partial charge in [0.1, 0.15) is 12.2 Å². The van der Waals surface area contributed by atoms with Gasteiger partial charge in [0, 0.05) is 5.02 Å². The van der Waals surface area contributed by atoms with E-state index in [0.29, 0.717) is 0 Å². The molecular weight excluding hydrogens is 207 g/mol. The van der Waals surface area contributed by atoms with Crippen LogP contribution in [0.1, 0.15) is 12.0 Å². The lowest BCUT2D eigenvalue weighted by molar-refractivity contribution is -0.135. The molecule has 0 fully saturated rings. The summed E-state index contributed by atoms with van der Waals surface area (Å²) in [6, 6.07) is 4.04. The zero-order valence-electron chi connectivity index (χ0n) is 7.05. The molecule has 0 aliphatic rings. The van der Waals surface area contributed by atoms with Gasteiger partial charge in [-0.25, -0.2) is 4.39 Å². The molecule has 2 nitrogen and oxygen atoms in total. The van der Waals surface area contributed by atoms with E-state index in [1.807, 2.05) is 0 Å². The van der Waals surface area contributed by atoms with Gasteiger partial charge in [0.05, 0.1) is 5.56 Å². The molecule has 0 saturated heterocycles. The van der Waals surface area contributed by atoms with Crippen molar-refractivity contribution < 1.29 is 14.3 Å². The van der Waals surface area contributed by atoms with E-state index in [2.05, 4.69) is 11.8 Å². The molecule has 1 rings (SSSR count). The zero-order valence-corrected chi connectivity index (χ0v) is 7.81. The molecule has 1 N–H and O–H groups in total. The molecule has 0 spiro atoms. The molecule has 0 amide bonds. The first-order chi connectivity index (χ1) is 6.59. The highest BCUT2D eigenvalue weighted by Crippen LogP contribution is 2.13. The number of carboxylic acid groups (broad SMARTS) is 1. The van der Waals surface area contributed by atoms with E-state index >= 15 is 0 Å². The third-order valence-electron chi connectivity index (χ3n) is 1.39. The van der Waals surface area contributed by atoms with E-state index in [1.165, 1.54) is 12.1 Å². The lowest BCUT2D eigenvalue weighted by Crippen LogP contribution is -1.90. The van der Waals surface area contributed by atoms with Crippen molar-refractivity contribution in [1.82, 2.24) is 0 Å². The van der Waals surface area contributed by atoms with Crippen LogP contribution in [0, 0.1) is 17.7 Å². The third kappa shape index (κ3) is 3.08. The number of carboxylic acids is 1. The van der Waals surface area contributed by atoms with Crippen molar-refractivity contribution in [2.75, 3.05) is 0 Å². The highest BCUT2D eigenvalue weighted by Gasteiger charge is 1.99. The van der Waals surface area contributed by atoms with Gasteiger partial charge >= 0.3 is 5.97 Å². The number of carbonyl (C=O) groups is 1. The quantitative estimate of drug-likeness (QED) is 0.726. The van der Waals surface area contributed by atoms with Crippen LogP contribution in [0.3, 0.4) is 0 Å². The van der Waals surface area contributed by atoms with E-state index in [4.69, 9.17) is 16.7 Å². The van der Waals surface area contributed by atoms with Crippen molar-refractivity contribution in [2.45, 2.75) is 6.42 Å². The van der Waals surface area contributed by atoms with E-state index in [9.17, 15) is 9.18 Å². The second-order valence-electron chi connectivity index (χ2n) is 2.50. The Balaban J connectivity index is 2.85. The van der Waals surface area contributed by atoms with Gasteiger partial charge in [0.2, 0.25) is 0 Å². The summed E-state index contributed by atoms with van der Waals surface area (Å²) in [4.78, 5) is 10.1. The smallest absolute Gasteiger partial charge is 0.315 e. The van der Waals surface area contributed by atoms with Crippen LogP contribution in [0.2, 0.25) is 5.02 Å². The number of halogens is 2. The Kier molecular flexibility index (Phi) is 3.49. The third-order valence-corrected chi connectivity index (χ3v) is 1.63. The molecule has 1 aromatic carbocycles. The molecule has 0 radical (unpaired) electrons. The zero-order chi connectivity index (χ0) is 10.6. The Morgan fingerprint density at radius 2 is 2.29 bits per heavy atom. The maximum atomic E-state index is 13.0.